The number of carbonyl (C=O) groups excluding carboxylic acids is 1. The summed E-state index contributed by atoms with van der Waals surface area (Å²) in [6.07, 6.45) is 1.82. The lowest BCUT2D eigenvalue weighted by atomic mass is 9.97. The summed E-state index contributed by atoms with van der Waals surface area (Å²) in [4.78, 5) is 19.0. The van der Waals surface area contributed by atoms with Crippen LogP contribution in [0.15, 0.2) is 57.8 Å². The molecule has 1 fully saturated rings. The smallest absolute Gasteiger partial charge is 0.242 e. The van der Waals surface area contributed by atoms with Gasteiger partial charge in [0.15, 0.2) is 11.5 Å². The number of rotatable bonds is 6. The number of carbonyl (C=O) groups is 1. The van der Waals surface area contributed by atoms with Gasteiger partial charge in [0.05, 0.1) is 10.9 Å². The number of piperidine rings is 1. The molecule has 2 heterocycles. The van der Waals surface area contributed by atoms with E-state index in [1.165, 1.54) is 12.1 Å². The van der Waals surface area contributed by atoms with Gasteiger partial charge in [0.2, 0.25) is 15.9 Å². The molecule has 1 amide bonds. The monoisotopic (exact) mass is 447 g/mol. The lowest BCUT2D eigenvalue weighted by molar-refractivity contribution is -0.132. The first-order valence-electron chi connectivity index (χ1n) is 9.81. The van der Waals surface area contributed by atoms with Crippen LogP contribution in [0.3, 0.4) is 0 Å². The Kier molecular flexibility index (Phi) is 6.08. The summed E-state index contributed by atoms with van der Waals surface area (Å²) >= 11 is 5.97. The van der Waals surface area contributed by atoms with Gasteiger partial charge in [-0.15, -0.1) is 0 Å². The molecule has 2 aromatic carbocycles. The number of nitrogens with one attached hydrogen (secondary N) is 1. The van der Waals surface area contributed by atoms with Gasteiger partial charge in [0.1, 0.15) is 10.4 Å². The minimum absolute atomic E-state index is 0.00751. The predicted octanol–water partition coefficient (Wildman–Crippen LogP) is 3.56. The van der Waals surface area contributed by atoms with E-state index in [4.69, 9.17) is 16.0 Å². The van der Waals surface area contributed by atoms with Crippen LogP contribution in [-0.2, 0) is 14.8 Å². The molecule has 1 aromatic heterocycles. The number of benzene rings is 2. The van der Waals surface area contributed by atoms with Gasteiger partial charge in [-0.05, 0) is 37.1 Å². The Morgan fingerprint density at radius 1 is 1.20 bits per heavy atom. The Morgan fingerprint density at radius 2 is 1.97 bits per heavy atom. The first-order valence-corrected chi connectivity index (χ1v) is 11.7. The summed E-state index contributed by atoms with van der Waals surface area (Å²) in [5, 5.41) is 0.147. The number of aromatic nitrogens is 1. The number of fused-ring (bicyclic) bond motifs is 1. The maximum atomic E-state index is 12.7. The predicted molar refractivity (Wildman–Crippen MR) is 114 cm³/mol. The number of halogens is 1. The van der Waals surface area contributed by atoms with Crippen LogP contribution in [0.2, 0.25) is 5.02 Å². The second-order valence-corrected chi connectivity index (χ2v) is 9.42. The molecule has 1 aliphatic heterocycles. The second-order valence-electron chi connectivity index (χ2n) is 7.28. The van der Waals surface area contributed by atoms with E-state index in [0.717, 1.165) is 23.9 Å². The number of hydrogen-bond acceptors (Lipinski definition) is 5. The number of amides is 1. The SMILES string of the molecule is O=C(CCNS(=O)(=O)c1ccccc1Cl)N1CCCC(c2nc3ccccc3o2)C1. The zero-order valence-corrected chi connectivity index (χ0v) is 17.8. The molecule has 0 bridgehead atoms. The molecule has 0 aliphatic carbocycles. The standard InChI is InChI=1S/C21H22ClN3O4S/c22-16-7-1-4-10-19(16)30(27,28)23-12-11-20(26)25-13-5-6-15(14-25)21-24-17-8-2-3-9-18(17)29-21/h1-4,7-10,15,23H,5-6,11-14H2. The van der Waals surface area contributed by atoms with Crippen molar-refractivity contribution in [2.45, 2.75) is 30.1 Å². The summed E-state index contributed by atoms with van der Waals surface area (Å²) in [5.41, 5.74) is 1.55. The van der Waals surface area contributed by atoms with Crippen molar-refractivity contribution in [3.63, 3.8) is 0 Å². The van der Waals surface area contributed by atoms with Gasteiger partial charge in [0.25, 0.3) is 0 Å². The Labute approximate surface area is 180 Å². The van der Waals surface area contributed by atoms with Crippen molar-refractivity contribution in [1.29, 1.82) is 0 Å². The van der Waals surface area contributed by atoms with Crippen molar-refractivity contribution in [2.75, 3.05) is 19.6 Å². The molecule has 3 aromatic rings. The Morgan fingerprint density at radius 3 is 2.77 bits per heavy atom. The van der Waals surface area contributed by atoms with Crippen LogP contribution < -0.4 is 4.72 Å². The third-order valence-corrected chi connectivity index (χ3v) is 7.15. The van der Waals surface area contributed by atoms with Crippen molar-refractivity contribution >= 4 is 38.6 Å². The molecule has 0 saturated carbocycles. The van der Waals surface area contributed by atoms with E-state index in [1.807, 2.05) is 24.3 Å². The average Bonchev–Trinajstić information content (AvgIpc) is 3.18. The van der Waals surface area contributed by atoms with Crippen LogP contribution in [0.1, 0.15) is 31.1 Å². The van der Waals surface area contributed by atoms with E-state index in [0.29, 0.717) is 19.0 Å². The van der Waals surface area contributed by atoms with Gasteiger partial charge in [0, 0.05) is 26.1 Å². The highest BCUT2D eigenvalue weighted by Crippen LogP contribution is 2.29. The molecule has 1 atom stereocenters. The minimum Gasteiger partial charge on any atom is -0.440 e. The third-order valence-electron chi connectivity index (χ3n) is 5.19. The Hall–Kier alpha value is -2.42. The summed E-state index contributed by atoms with van der Waals surface area (Å²) in [6.45, 7) is 1.17. The molecule has 4 rings (SSSR count). The molecule has 0 spiro atoms. The Bertz CT molecular complexity index is 1130. The van der Waals surface area contributed by atoms with E-state index >= 15 is 0 Å². The van der Waals surface area contributed by atoms with Gasteiger partial charge < -0.3 is 9.32 Å². The maximum absolute atomic E-state index is 12.7. The van der Waals surface area contributed by atoms with Crippen molar-refractivity contribution in [1.82, 2.24) is 14.6 Å². The topological polar surface area (TPSA) is 92.5 Å². The van der Waals surface area contributed by atoms with Gasteiger partial charge in [-0.3, -0.25) is 4.79 Å². The van der Waals surface area contributed by atoms with Crippen LogP contribution in [0, 0.1) is 0 Å². The molecular formula is C21H22ClN3O4S. The van der Waals surface area contributed by atoms with Crippen molar-refractivity contribution in [2.24, 2.45) is 0 Å². The fraction of sp³-hybridized carbons (Fsp3) is 0.333. The molecular weight excluding hydrogens is 426 g/mol. The third kappa shape index (κ3) is 4.50. The lowest BCUT2D eigenvalue weighted by Crippen LogP contribution is -2.40. The van der Waals surface area contributed by atoms with Crippen molar-refractivity contribution in [3.05, 3.63) is 59.4 Å². The number of para-hydroxylation sites is 2. The first kappa shape index (κ1) is 20.8. The van der Waals surface area contributed by atoms with Gasteiger partial charge >= 0.3 is 0 Å². The summed E-state index contributed by atoms with van der Waals surface area (Å²) in [7, 11) is -3.76. The lowest BCUT2D eigenvalue weighted by Gasteiger charge is -2.31. The molecule has 9 heteroatoms. The molecule has 1 unspecified atom stereocenters. The molecule has 1 N–H and O–H groups in total. The number of likely N-dealkylation sites (tertiary alicyclic amines) is 1. The van der Waals surface area contributed by atoms with Crippen LogP contribution in [-0.4, -0.2) is 43.8 Å². The molecule has 1 aliphatic rings. The number of oxazole rings is 1. The maximum Gasteiger partial charge on any atom is 0.242 e. The van der Waals surface area contributed by atoms with E-state index < -0.39 is 10.0 Å². The first-order chi connectivity index (χ1) is 14.4. The Balaban J connectivity index is 1.35. The van der Waals surface area contributed by atoms with Crippen LogP contribution in [0.25, 0.3) is 11.1 Å². The fourth-order valence-electron chi connectivity index (χ4n) is 3.66. The van der Waals surface area contributed by atoms with E-state index in [9.17, 15) is 13.2 Å². The van der Waals surface area contributed by atoms with Crippen LogP contribution >= 0.6 is 11.6 Å². The van der Waals surface area contributed by atoms with Crippen LogP contribution in [0.4, 0.5) is 0 Å². The van der Waals surface area contributed by atoms with Crippen LogP contribution in [0.5, 0.6) is 0 Å². The number of hydrogen-bond donors (Lipinski definition) is 1. The highest BCUT2D eigenvalue weighted by Gasteiger charge is 2.28. The molecule has 0 radical (unpaired) electrons. The summed E-state index contributed by atoms with van der Waals surface area (Å²) < 4.78 is 33.1. The van der Waals surface area contributed by atoms with E-state index in [-0.39, 0.29) is 34.7 Å². The second kappa shape index (κ2) is 8.75. The molecule has 158 valence electrons. The minimum atomic E-state index is -3.76. The largest absolute Gasteiger partial charge is 0.440 e. The summed E-state index contributed by atoms with van der Waals surface area (Å²) in [5.74, 6) is 0.584. The molecule has 7 nitrogen and oxygen atoms in total. The number of sulfonamides is 1. The number of nitrogens with zero attached hydrogens (tertiary/aromatic N) is 2. The normalized spacial score (nSPS) is 17.4. The van der Waals surface area contributed by atoms with E-state index in [1.54, 1.807) is 17.0 Å². The fourth-order valence-corrected chi connectivity index (χ4v) is 5.21. The van der Waals surface area contributed by atoms with E-state index in [2.05, 4.69) is 9.71 Å². The summed E-state index contributed by atoms with van der Waals surface area (Å²) in [6, 6.07) is 13.8. The van der Waals surface area contributed by atoms with Crippen molar-refractivity contribution < 1.29 is 17.6 Å². The van der Waals surface area contributed by atoms with Gasteiger partial charge in [-0.2, -0.15) is 0 Å². The highest BCUT2D eigenvalue weighted by molar-refractivity contribution is 7.89. The zero-order valence-electron chi connectivity index (χ0n) is 16.3. The van der Waals surface area contributed by atoms with Crippen molar-refractivity contribution in [3.8, 4) is 0 Å². The zero-order chi connectivity index (χ0) is 21.1. The highest BCUT2D eigenvalue weighted by atomic mass is 35.5. The molecule has 1 saturated heterocycles. The quantitative estimate of drug-likeness (QED) is 0.623. The van der Waals surface area contributed by atoms with Gasteiger partial charge in [-0.1, -0.05) is 35.9 Å². The average molecular weight is 448 g/mol. The molecule has 30 heavy (non-hydrogen) atoms. The van der Waals surface area contributed by atoms with Gasteiger partial charge in [-0.25, -0.2) is 18.1 Å².